The largest absolute Gasteiger partial charge is 0.228 e. The summed E-state index contributed by atoms with van der Waals surface area (Å²) in [5.74, 6) is 0.702. The highest BCUT2D eigenvalue weighted by molar-refractivity contribution is 7.99. The summed E-state index contributed by atoms with van der Waals surface area (Å²) in [4.78, 5) is 12.9. The Morgan fingerprint density at radius 1 is 0.387 bits per heavy atom. The van der Waals surface area contributed by atoms with Crippen molar-refractivity contribution in [3.63, 3.8) is 0 Å². The third-order valence-electron chi connectivity index (χ3n) is 12.6. The fraction of sp³-hybridized carbons (Fsp3) is 0.0172. The number of hydrogen-bond acceptors (Lipinski definition) is 4. The van der Waals surface area contributed by atoms with Crippen molar-refractivity contribution < 1.29 is 0 Å². The molecule has 0 atom stereocenters. The highest BCUT2D eigenvalue weighted by Crippen LogP contribution is 2.63. The van der Waals surface area contributed by atoms with Crippen LogP contribution in [0.1, 0.15) is 27.8 Å². The molecule has 0 radical (unpaired) electrons. The molecule has 3 nitrogen and oxygen atoms in total. The second kappa shape index (κ2) is 14.4. The van der Waals surface area contributed by atoms with Crippen LogP contribution < -0.4 is 0 Å². The molecule has 2 heterocycles. The Labute approximate surface area is 364 Å². The number of hydrogen-bond donors (Lipinski definition) is 0. The van der Waals surface area contributed by atoms with Crippen LogP contribution in [-0.2, 0) is 5.41 Å². The Balaban J connectivity index is 1.10. The van der Waals surface area contributed by atoms with Gasteiger partial charge in [0, 0.05) is 26.5 Å². The van der Waals surface area contributed by atoms with Crippen molar-refractivity contribution in [3.05, 3.63) is 240 Å². The van der Waals surface area contributed by atoms with E-state index < -0.39 is 5.41 Å². The van der Waals surface area contributed by atoms with Crippen molar-refractivity contribution in [2.75, 3.05) is 0 Å². The number of nitrogens with zero attached hydrogens (tertiary/aromatic N) is 3. The summed E-state index contributed by atoms with van der Waals surface area (Å²) >= 11 is 1.87. The average Bonchev–Trinajstić information content (AvgIpc) is 3.64. The first-order valence-corrected chi connectivity index (χ1v) is 21.7. The standard InChI is InChI=1S/C58H35N3S/c59-36-37-26-28-38(29-27-37)42-31-32-45(44-19-8-7-18-43(42)44)48-22-13-25-51-56(48)62-55-33-30-41(34-52(55)58(51)49-23-11-9-20-46(49)47-21-10-12-24-50(47)58)54-35-53(39-14-3-1-4-15-39)60-57(61-54)40-16-5-2-6-17-40/h1-35H. The Hall–Kier alpha value is -7.84. The summed E-state index contributed by atoms with van der Waals surface area (Å²) in [6.45, 7) is 0. The molecular weight excluding hydrogens is 771 g/mol. The third kappa shape index (κ3) is 5.53. The molecule has 0 saturated carbocycles. The number of aromatic nitrogens is 2. The van der Waals surface area contributed by atoms with Gasteiger partial charge >= 0.3 is 0 Å². The van der Waals surface area contributed by atoms with Gasteiger partial charge in [-0.25, -0.2) is 9.97 Å². The van der Waals surface area contributed by atoms with Crippen LogP contribution in [-0.4, -0.2) is 9.97 Å². The van der Waals surface area contributed by atoms with E-state index in [0.29, 0.717) is 11.4 Å². The van der Waals surface area contributed by atoms with Crippen LogP contribution >= 0.6 is 11.8 Å². The van der Waals surface area contributed by atoms with Gasteiger partial charge in [0.05, 0.1) is 28.4 Å². The fourth-order valence-corrected chi connectivity index (χ4v) is 11.2. The van der Waals surface area contributed by atoms with Crippen LogP contribution in [0.15, 0.2) is 222 Å². The minimum absolute atomic E-state index is 0.592. The van der Waals surface area contributed by atoms with Gasteiger partial charge < -0.3 is 0 Å². The average molecular weight is 806 g/mol. The molecule has 62 heavy (non-hydrogen) atoms. The number of nitriles is 1. The zero-order chi connectivity index (χ0) is 41.2. The Bertz CT molecular complexity index is 3340. The Morgan fingerprint density at radius 3 is 1.63 bits per heavy atom. The monoisotopic (exact) mass is 805 g/mol. The molecule has 12 rings (SSSR count). The summed E-state index contributed by atoms with van der Waals surface area (Å²) in [7, 11) is 0. The molecule has 0 fully saturated rings. The van der Waals surface area contributed by atoms with Crippen molar-refractivity contribution in [2.45, 2.75) is 15.2 Å². The fourth-order valence-electron chi connectivity index (χ4n) is 9.87. The van der Waals surface area contributed by atoms with E-state index in [1.54, 1.807) is 0 Å². The summed E-state index contributed by atoms with van der Waals surface area (Å²) < 4.78 is 0. The molecule has 288 valence electrons. The molecule has 9 aromatic carbocycles. The van der Waals surface area contributed by atoms with E-state index in [2.05, 4.69) is 182 Å². The van der Waals surface area contributed by atoms with Crippen molar-refractivity contribution in [2.24, 2.45) is 0 Å². The van der Waals surface area contributed by atoms with Crippen molar-refractivity contribution in [3.8, 4) is 73.4 Å². The summed E-state index contributed by atoms with van der Waals surface area (Å²) in [5, 5.41) is 11.9. The van der Waals surface area contributed by atoms with Gasteiger partial charge in [-0.2, -0.15) is 5.26 Å². The van der Waals surface area contributed by atoms with Gasteiger partial charge in [0.15, 0.2) is 5.82 Å². The molecule has 0 N–H and O–H groups in total. The quantitative estimate of drug-likeness (QED) is 0.174. The Morgan fingerprint density at radius 2 is 0.935 bits per heavy atom. The van der Waals surface area contributed by atoms with Crippen LogP contribution in [0, 0.1) is 11.3 Å². The smallest absolute Gasteiger partial charge is 0.160 e. The van der Waals surface area contributed by atoms with Gasteiger partial charge in [-0.05, 0) is 96.7 Å². The minimum Gasteiger partial charge on any atom is -0.228 e. The van der Waals surface area contributed by atoms with Crippen LogP contribution in [0.5, 0.6) is 0 Å². The molecule has 1 spiro atoms. The summed E-state index contributed by atoms with van der Waals surface area (Å²) in [6, 6.07) is 78.1. The lowest BCUT2D eigenvalue weighted by molar-refractivity contribution is 0.723. The van der Waals surface area contributed by atoms with Gasteiger partial charge in [0.1, 0.15) is 0 Å². The molecule has 1 aliphatic heterocycles. The van der Waals surface area contributed by atoms with Crippen LogP contribution in [0.25, 0.3) is 78.1 Å². The molecule has 1 aliphatic carbocycles. The zero-order valence-corrected chi connectivity index (χ0v) is 34.3. The first-order chi connectivity index (χ1) is 30.7. The van der Waals surface area contributed by atoms with E-state index in [-0.39, 0.29) is 0 Å². The highest BCUT2D eigenvalue weighted by Gasteiger charge is 2.50. The molecule has 0 unspecified atom stereocenters. The zero-order valence-electron chi connectivity index (χ0n) is 33.5. The van der Waals surface area contributed by atoms with E-state index >= 15 is 0 Å². The predicted molar refractivity (Wildman–Crippen MR) is 253 cm³/mol. The lowest BCUT2D eigenvalue weighted by Gasteiger charge is -2.40. The Kier molecular flexibility index (Phi) is 8.38. The van der Waals surface area contributed by atoms with E-state index in [0.717, 1.165) is 39.2 Å². The lowest BCUT2D eigenvalue weighted by Crippen LogP contribution is -2.32. The minimum atomic E-state index is -0.592. The van der Waals surface area contributed by atoms with Gasteiger partial charge in [-0.3, -0.25) is 0 Å². The molecular formula is C58H35N3S. The number of benzene rings is 9. The predicted octanol–water partition coefficient (Wildman–Crippen LogP) is 14.7. The molecule has 10 aromatic rings. The SMILES string of the molecule is N#Cc1ccc(-c2ccc(-c3cccc4c3Sc3ccc(-c5cc(-c6ccccc6)nc(-c6ccccc6)n5)cc3C43c4ccccc4-c4ccccc43)c3ccccc23)cc1. The summed E-state index contributed by atoms with van der Waals surface area (Å²) in [5.41, 5.74) is 17.2. The molecule has 1 aromatic heterocycles. The number of rotatable bonds is 5. The van der Waals surface area contributed by atoms with Crippen LogP contribution in [0.4, 0.5) is 0 Å². The normalized spacial score (nSPS) is 12.9. The second-order valence-electron chi connectivity index (χ2n) is 15.9. The van der Waals surface area contributed by atoms with Gasteiger partial charge in [0.2, 0.25) is 0 Å². The molecule has 0 amide bonds. The van der Waals surface area contributed by atoms with Crippen LogP contribution in [0.3, 0.4) is 0 Å². The third-order valence-corrected chi connectivity index (χ3v) is 13.8. The summed E-state index contributed by atoms with van der Waals surface area (Å²) in [6.07, 6.45) is 0. The van der Waals surface area contributed by atoms with Crippen molar-refractivity contribution in [1.29, 1.82) is 5.26 Å². The lowest BCUT2D eigenvalue weighted by atomic mass is 9.66. The first kappa shape index (κ1) is 36.0. The van der Waals surface area contributed by atoms with Crippen LogP contribution in [0.2, 0.25) is 0 Å². The van der Waals surface area contributed by atoms with E-state index in [1.165, 1.54) is 65.1 Å². The molecule has 4 heteroatoms. The van der Waals surface area contributed by atoms with E-state index in [9.17, 15) is 5.26 Å². The highest BCUT2D eigenvalue weighted by atomic mass is 32.2. The number of fused-ring (bicyclic) bond motifs is 10. The van der Waals surface area contributed by atoms with Crippen molar-refractivity contribution in [1.82, 2.24) is 9.97 Å². The molecule has 0 bridgehead atoms. The maximum Gasteiger partial charge on any atom is 0.160 e. The van der Waals surface area contributed by atoms with E-state index in [1.807, 2.05) is 48.2 Å². The molecule has 0 saturated heterocycles. The van der Waals surface area contributed by atoms with E-state index in [4.69, 9.17) is 9.97 Å². The van der Waals surface area contributed by atoms with Crippen molar-refractivity contribution >= 4 is 22.5 Å². The second-order valence-corrected chi connectivity index (χ2v) is 17.0. The van der Waals surface area contributed by atoms with Gasteiger partial charge in [-0.15, -0.1) is 0 Å². The van der Waals surface area contributed by atoms with Gasteiger partial charge in [-0.1, -0.05) is 194 Å². The molecule has 2 aliphatic rings. The maximum atomic E-state index is 9.48. The first-order valence-electron chi connectivity index (χ1n) is 20.9. The topological polar surface area (TPSA) is 49.6 Å². The maximum absolute atomic E-state index is 9.48. The van der Waals surface area contributed by atoms with Gasteiger partial charge in [0.25, 0.3) is 0 Å².